The van der Waals surface area contributed by atoms with Gasteiger partial charge >= 0.3 is 6.18 Å². The van der Waals surface area contributed by atoms with E-state index in [1.54, 1.807) is 66.7 Å². The second kappa shape index (κ2) is 18.3. The normalized spacial score (nSPS) is 11.3. The number of benzene rings is 10. The fourth-order valence-corrected chi connectivity index (χ4v) is 10.7. The number of nitrogens with zero attached hydrogens (tertiary/aromatic N) is 7. The molecule has 0 bridgehead atoms. The molecule has 2 aromatic heterocycles. The molecular weight excluding hydrogens is 948 g/mol. The van der Waals surface area contributed by atoms with Crippen molar-refractivity contribution in [1.29, 1.82) is 26.3 Å². The van der Waals surface area contributed by atoms with Gasteiger partial charge in [0.15, 0.2) is 0 Å². The predicted octanol–water partition coefficient (Wildman–Crippen LogP) is 16.6. The Morgan fingerprint density at radius 3 is 1.00 bits per heavy atom. The van der Waals surface area contributed by atoms with Gasteiger partial charge in [-0.1, -0.05) is 103 Å². The lowest BCUT2D eigenvalue weighted by molar-refractivity contribution is -0.137. The third-order valence-electron chi connectivity index (χ3n) is 14.2. The smallest absolute Gasteiger partial charge is 0.309 e. The van der Waals surface area contributed by atoms with Gasteiger partial charge in [-0.2, -0.15) is 39.5 Å². The van der Waals surface area contributed by atoms with Crippen LogP contribution in [0.5, 0.6) is 0 Å². The number of hydrogen-bond donors (Lipinski definition) is 0. The summed E-state index contributed by atoms with van der Waals surface area (Å²) in [5.41, 5.74) is 11.4. The van der Waals surface area contributed by atoms with Crippen LogP contribution >= 0.6 is 0 Å². The molecule has 354 valence electrons. The van der Waals surface area contributed by atoms with Gasteiger partial charge in [0.2, 0.25) is 0 Å². The summed E-state index contributed by atoms with van der Waals surface area (Å²) in [5.74, 6) is 0. The molecule has 0 spiro atoms. The second-order valence-corrected chi connectivity index (χ2v) is 18.3. The monoisotopic (exact) mass is 981 g/mol. The van der Waals surface area contributed by atoms with E-state index in [0.29, 0.717) is 83.5 Å². The minimum atomic E-state index is -4.74. The highest BCUT2D eigenvalue weighted by atomic mass is 19.4. The number of hydrogen-bond acceptors (Lipinski definition) is 5. The van der Waals surface area contributed by atoms with E-state index < -0.39 is 11.7 Å². The summed E-state index contributed by atoms with van der Waals surface area (Å²) >= 11 is 0. The third kappa shape index (κ3) is 7.57. The highest BCUT2D eigenvalue weighted by molar-refractivity contribution is 6.14. The maximum absolute atomic E-state index is 15.2. The van der Waals surface area contributed by atoms with Crippen molar-refractivity contribution in [3.8, 4) is 97.4 Å². The van der Waals surface area contributed by atoms with E-state index in [4.69, 9.17) is 0 Å². The third-order valence-corrected chi connectivity index (χ3v) is 14.2. The number of fused-ring (bicyclic) bond motifs is 6. The molecule has 0 atom stereocenters. The van der Waals surface area contributed by atoms with Crippen LogP contribution < -0.4 is 0 Å². The Kier molecular flexibility index (Phi) is 11.1. The van der Waals surface area contributed by atoms with Crippen molar-refractivity contribution < 1.29 is 13.2 Å². The van der Waals surface area contributed by atoms with E-state index in [0.717, 1.165) is 55.9 Å². The summed E-state index contributed by atoms with van der Waals surface area (Å²) in [7, 11) is 0. The van der Waals surface area contributed by atoms with E-state index in [1.807, 2.05) is 130 Å². The molecule has 10 heteroatoms. The first-order valence-electron chi connectivity index (χ1n) is 24.0. The minimum Gasteiger partial charge on any atom is -0.309 e. The molecule has 10 aromatic carbocycles. The minimum absolute atomic E-state index is 0.222. The van der Waals surface area contributed by atoms with Gasteiger partial charge in [0.1, 0.15) is 0 Å². The zero-order valence-electron chi connectivity index (χ0n) is 39.9. The van der Waals surface area contributed by atoms with Gasteiger partial charge in [0.25, 0.3) is 0 Å². The molecule has 0 saturated carbocycles. The zero-order valence-corrected chi connectivity index (χ0v) is 39.9. The number of alkyl halides is 3. The van der Waals surface area contributed by atoms with Crippen molar-refractivity contribution in [2.45, 2.75) is 6.18 Å². The predicted molar refractivity (Wildman–Crippen MR) is 291 cm³/mol. The maximum atomic E-state index is 15.2. The molecule has 0 fully saturated rings. The summed E-state index contributed by atoms with van der Waals surface area (Å²) in [6.45, 7) is 0. The van der Waals surface area contributed by atoms with Crippen molar-refractivity contribution in [2.75, 3.05) is 0 Å². The fraction of sp³-hybridized carbons (Fsp3) is 0.0152. The summed E-state index contributed by atoms with van der Waals surface area (Å²) < 4.78 is 49.6. The average molecular weight is 982 g/mol. The average Bonchev–Trinajstić information content (AvgIpc) is 3.99. The summed E-state index contributed by atoms with van der Waals surface area (Å²) in [5, 5.41) is 54.2. The summed E-state index contributed by atoms with van der Waals surface area (Å²) in [6, 6.07) is 72.7. The molecule has 0 radical (unpaired) electrons. The molecule has 0 aliphatic rings. The van der Waals surface area contributed by atoms with Crippen molar-refractivity contribution in [3.05, 3.63) is 240 Å². The van der Waals surface area contributed by atoms with Crippen molar-refractivity contribution in [2.24, 2.45) is 0 Å². The van der Waals surface area contributed by atoms with Crippen LogP contribution in [0.2, 0.25) is 0 Å². The van der Waals surface area contributed by atoms with E-state index in [1.165, 1.54) is 6.07 Å². The first kappa shape index (κ1) is 46.1. The fourth-order valence-electron chi connectivity index (χ4n) is 10.7. The van der Waals surface area contributed by atoms with Gasteiger partial charge < -0.3 is 9.13 Å². The van der Waals surface area contributed by atoms with E-state index >= 15 is 13.2 Å². The lowest BCUT2D eigenvalue weighted by Gasteiger charge is -2.20. The van der Waals surface area contributed by atoms with Crippen LogP contribution in [-0.4, -0.2) is 9.13 Å². The van der Waals surface area contributed by atoms with Crippen LogP contribution in [0.3, 0.4) is 0 Å². The molecule has 76 heavy (non-hydrogen) atoms. The molecule has 2 heterocycles. The Hall–Kier alpha value is -11.0. The number of halogens is 3. The first-order valence-corrected chi connectivity index (χ1v) is 24.0. The molecule has 0 aliphatic heterocycles. The highest BCUT2D eigenvalue weighted by Gasteiger charge is 2.33. The second-order valence-electron chi connectivity index (χ2n) is 18.3. The van der Waals surface area contributed by atoms with Crippen molar-refractivity contribution >= 4 is 43.6 Å². The van der Waals surface area contributed by atoms with E-state index in [9.17, 15) is 26.3 Å². The van der Waals surface area contributed by atoms with Crippen molar-refractivity contribution in [1.82, 2.24) is 9.13 Å². The van der Waals surface area contributed by atoms with Crippen LogP contribution in [0.15, 0.2) is 206 Å². The molecule has 0 amide bonds. The molecule has 7 nitrogen and oxygen atoms in total. The van der Waals surface area contributed by atoms with Gasteiger partial charge in [0, 0.05) is 32.7 Å². The van der Waals surface area contributed by atoms with Crippen LogP contribution in [-0.2, 0) is 6.18 Å². The van der Waals surface area contributed by atoms with Crippen LogP contribution in [0.4, 0.5) is 13.2 Å². The Balaban J connectivity index is 1.17. The zero-order chi connectivity index (χ0) is 52.2. The Morgan fingerprint density at radius 1 is 0.303 bits per heavy atom. The number of aromatic nitrogens is 2. The molecule has 12 rings (SSSR count). The Labute approximate surface area is 433 Å². The lowest BCUT2D eigenvalue weighted by atomic mass is 9.96. The SMILES string of the molecule is N#Cc1ccc(-c2cc(C(F)(F)F)ccc2-n2c3ccc(-c4ccccc4C#N)cc3c3cc(-c4ccccc4C#N)ccc32)c(-n2c3ccc(-c4ccccc4C#N)cc3c3cc(-c4ccccc4C#N)ccc32)c1. The largest absolute Gasteiger partial charge is 0.416 e. The molecule has 12 aromatic rings. The topological polar surface area (TPSA) is 129 Å². The van der Waals surface area contributed by atoms with Crippen LogP contribution in [0.25, 0.3) is 111 Å². The van der Waals surface area contributed by atoms with Gasteiger partial charge in [0.05, 0.1) is 97.2 Å². The van der Waals surface area contributed by atoms with Gasteiger partial charge in [-0.15, -0.1) is 0 Å². The number of rotatable bonds is 7. The van der Waals surface area contributed by atoms with E-state index in [2.05, 4.69) is 30.3 Å². The van der Waals surface area contributed by atoms with Crippen molar-refractivity contribution in [3.63, 3.8) is 0 Å². The standard InChI is InChI=1S/C66H34F3N7/c67-66(68,69)49-22-28-64(75-60-24-18-41(50-13-5-1-9-45(50)36-71)30-55(60)56-31-42(19-25-61(56)75)51-14-6-2-10-46(51)37-72)59(34-49)54-23-17-40(35-70)29-65(54)76-62-26-20-43(52-15-7-3-11-47(52)38-73)32-57(62)58-33-44(21-27-63(58)76)53-16-8-4-12-48(53)39-74/h1-34H. The summed E-state index contributed by atoms with van der Waals surface area (Å²) in [6.07, 6.45) is -4.74. The summed E-state index contributed by atoms with van der Waals surface area (Å²) in [4.78, 5) is 0. The maximum Gasteiger partial charge on any atom is 0.416 e. The quantitative estimate of drug-likeness (QED) is 0.157. The Bertz CT molecular complexity index is 4420. The molecule has 0 aliphatic carbocycles. The van der Waals surface area contributed by atoms with Crippen LogP contribution in [0.1, 0.15) is 33.4 Å². The van der Waals surface area contributed by atoms with E-state index in [-0.39, 0.29) is 11.1 Å². The lowest BCUT2D eigenvalue weighted by Crippen LogP contribution is -2.08. The molecule has 0 unspecified atom stereocenters. The Morgan fingerprint density at radius 2 is 0.658 bits per heavy atom. The van der Waals surface area contributed by atoms with Gasteiger partial charge in [-0.05, 0) is 148 Å². The van der Waals surface area contributed by atoms with Crippen LogP contribution in [0, 0.1) is 56.7 Å². The van der Waals surface area contributed by atoms with Gasteiger partial charge in [-0.3, -0.25) is 0 Å². The van der Waals surface area contributed by atoms with Gasteiger partial charge in [-0.25, -0.2) is 0 Å². The first-order chi connectivity index (χ1) is 37.1. The molecule has 0 N–H and O–H groups in total. The molecular formula is C66H34F3N7. The highest BCUT2D eigenvalue weighted by Crippen LogP contribution is 2.46. The molecule has 0 saturated heterocycles. The number of nitriles is 5.